The molecule has 4 N–H and O–H groups in total. The molecule has 1 aromatic carbocycles. The van der Waals surface area contributed by atoms with Crippen molar-refractivity contribution in [1.29, 1.82) is 0 Å². The van der Waals surface area contributed by atoms with E-state index in [0.29, 0.717) is 30.2 Å². The summed E-state index contributed by atoms with van der Waals surface area (Å²) < 4.78 is 37.4. The number of unbranched alkanes of at least 4 members (excludes halogenated alkanes) is 3. The Morgan fingerprint density at radius 3 is 2.19 bits per heavy atom. The maximum atomic E-state index is 13.3. The van der Waals surface area contributed by atoms with Crippen LogP contribution < -0.4 is 0 Å². The normalized spacial score (nSPS) is 24.6. The quantitative estimate of drug-likeness (QED) is 0.397. The molecule has 10 heteroatoms. The second-order valence-corrected chi connectivity index (χ2v) is 8.18. The Morgan fingerprint density at radius 2 is 1.53 bits per heavy atom. The second-order valence-electron chi connectivity index (χ2n) is 8.18. The summed E-state index contributed by atoms with van der Waals surface area (Å²) in [4.78, 5) is 1.84. The Morgan fingerprint density at radius 1 is 0.906 bits per heavy atom. The Bertz CT molecular complexity index is 815. The van der Waals surface area contributed by atoms with Crippen molar-refractivity contribution in [2.45, 2.75) is 56.7 Å². The Hall–Kier alpha value is -1.95. The van der Waals surface area contributed by atoms with E-state index in [2.05, 4.69) is 5.16 Å². The van der Waals surface area contributed by atoms with Crippen LogP contribution in [0.15, 0.2) is 28.8 Å². The third kappa shape index (κ3) is 7.03. The molecular weight excluding hydrogens is 426 g/mol. The fourth-order valence-electron chi connectivity index (χ4n) is 3.74. The molecule has 1 aliphatic rings. The average molecular weight is 456 g/mol. The lowest BCUT2D eigenvalue weighted by atomic mass is 10.1. The fraction of sp³-hybridized carbons (Fsp3) is 0.591. The summed E-state index contributed by atoms with van der Waals surface area (Å²) in [5.41, 5.74) is 0.636. The predicted octanol–water partition coefficient (Wildman–Crippen LogP) is 1.46. The van der Waals surface area contributed by atoms with Gasteiger partial charge < -0.3 is 29.7 Å². The largest absolute Gasteiger partial charge is 0.389 e. The molecule has 0 amide bonds. The molecule has 3 rings (SSSR count). The Balaban J connectivity index is 1.29. The van der Waals surface area contributed by atoms with Crippen molar-refractivity contribution >= 4 is 0 Å². The number of β-amino-alcohol motifs (C(OH)–C–C–N with tert-alkyl or cyclic N) is 2. The van der Waals surface area contributed by atoms with Crippen LogP contribution in [0.1, 0.15) is 31.4 Å². The van der Waals surface area contributed by atoms with Crippen molar-refractivity contribution in [2.75, 3.05) is 26.2 Å². The highest BCUT2D eigenvalue weighted by Gasteiger charge is 2.35. The van der Waals surface area contributed by atoms with Crippen LogP contribution in [0.2, 0.25) is 0 Å². The van der Waals surface area contributed by atoms with Crippen LogP contribution in [0, 0.1) is 11.6 Å². The van der Waals surface area contributed by atoms with E-state index in [1.54, 1.807) is 6.07 Å². The van der Waals surface area contributed by atoms with E-state index in [0.717, 1.165) is 31.7 Å². The van der Waals surface area contributed by atoms with Crippen LogP contribution in [0.4, 0.5) is 8.78 Å². The Labute approximate surface area is 185 Å². The molecule has 0 radical (unpaired) electrons. The lowest BCUT2D eigenvalue weighted by molar-refractivity contribution is -0.0894. The van der Waals surface area contributed by atoms with Crippen molar-refractivity contribution in [3.05, 3.63) is 41.7 Å². The van der Waals surface area contributed by atoms with Crippen LogP contribution in [-0.2, 0) is 11.3 Å². The third-order valence-corrected chi connectivity index (χ3v) is 5.50. The topological polar surface area (TPSA) is 119 Å². The minimum Gasteiger partial charge on any atom is -0.389 e. The molecule has 0 saturated carbocycles. The summed E-state index contributed by atoms with van der Waals surface area (Å²) in [6, 6.07) is 4.75. The van der Waals surface area contributed by atoms with Crippen molar-refractivity contribution in [1.82, 2.24) is 10.1 Å². The molecule has 1 saturated heterocycles. The number of hydrogen-bond acceptors (Lipinski definition) is 8. The number of likely N-dealkylation sites (tertiary alicyclic amines) is 1. The standard InChI is InChI=1S/C22H30F2N2O6/c23-15-7-14(8-16(24)9-15)18-10-17(32-25-18)13-31-6-4-2-1-3-5-26-11-19(27)21(29)22(30)20(28)12-26/h7-10,19-22,27-30H,1-6,11-13H2/t19-,20-,21+,22+/m0/s1. The van der Waals surface area contributed by atoms with Gasteiger partial charge in [-0.1, -0.05) is 18.0 Å². The second kappa shape index (κ2) is 11.8. The molecule has 2 heterocycles. The number of rotatable bonds is 10. The first-order valence-corrected chi connectivity index (χ1v) is 10.8. The van der Waals surface area contributed by atoms with E-state index in [1.807, 2.05) is 4.90 Å². The van der Waals surface area contributed by atoms with Gasteiger partial charge in [-0.3, -0.25) is 4.90 Å². The van der Waals surface area contributed by atoms with E-state index < -0.39 is 36.1 Å². The van der Waals surface area contributed by atoms with Crippen molar-refractivity contribution in [3.8, 4) is 11.3 Å². The van der Waals surface area contributed by atoms with Crippen LogP contribution in [0.25, 0.3) is 11.3 Å². The van der Waals surface area contributed by atoms with E-state index >= 15 is 0 Å². The van der Waals surface area contributed by atoms with Gasteiger partial charge in [0, 0.05) is 37.4 Å². The predicted molar refractivity (Wildman–Crippen MR) is 110 cm³/mol. The van der Waals surface area contributed by atoms with Gasteiger partial charge >= 0.3 is 0 Å². The summed E-state index contributed by atoms with van der Waals surface area (Å²) >= 11 is 0. The molecule has 1 aliphatic heterocycles. The minimum atomic E-state index is -1.34. The molecule has 0 aliphatic carbocycles. The molecule has 0 spiro atoms. The summed E-state index contributed by atoms with van der Waals surface area (Å²) in [7, 11) is 0. The number of ether oxygens (including phenoxy) is 1. The van der Waals surface area contributed by atoms with Gasteiger partial charge in [0.25, 0.3) is 0 Å². The molecule has 8 nitrogen and oxygen atoms in total. The van der Waals surface area contributed by atoms with Gasteiger partial charge in [0.15, 0.2) is 5.76 Å². The molecule has 0 bridgehead atoms. The maximum absolute atomic E-state index is 13.3. The van der Waals surface area contributed by atoms with Crippen LogP contribution in [-0.4, -0.2) is 81.1 Å². The summed E-state index contributed by atoms with van der Waals surface area (Å²) in [6.45, 7) is 1.79. The lowest BCUT2D eigenvalue weighted by Gasteiger charge is -2.23. The number of aromatic nitrogens is 1. The number of nitrogens with zero attached hydrogens (tertiary/aromatic N) is 2. The van der Waals surface area contributed by atoms with E-state index in [9.17, 15) is 29.2 Å². The molecule has 0 unspecified atom stereocenters. The van der Waals surface area contributed by atoms with E-state index in [-0.39, 0.29) is 19.7 Å². The third-order valence-electron chi connectivity index (χ3n) is 5.50. The summed E-state index contributed by atoms with van der Waals surface area (Å²) in [6.07, 6.45) is -1.34. The molecular formula is C22H30F2N2O6. The molecule has 2 aromatic rings. The van der Waals surface area contributed by atoms with Gasteiger partial charge in [-0.2, -0.15) is 0 Å². The average Bonchev–Trinajstić information content (AvgIpc) is 3.19. The van der Waals surface area contributed by atoms with Gasteiger partial charge in [0.1, 0.15) is 36.1 Å². The molecule has 1 fully saturated rings. The highest BCUT2D eigenvalue weighted by molar-refractivity contribution is 5.58. The zero-order valence-corrected chi connectivity index (χ0v) is 17.7. The smallest absolute Gasteiger partial charge is 0.163 e. The Kier molecular flexibility index (Phi) is 9.09. The minimum absolute atomic E-state index is 0.207. The van der Waals surface area contributed by atoms with Gasteiger partial charge in [-0.15, -0.1) is 0 Å². The van der Waals surface area contributed by atoms with Crippen molar-refractivity contribution < 1.29 is 38.5 Å². The zero-order valence-electron chi connectivity index (χ0n) is 17.7. The number of benzene rings is 1. The monoisotopic (exact) mass is 456 g/mol. The van der Waals surface area contributed by atoms with Gasteiger partial charge in [-0.05, 0) is 31.5 Å². The lowest BCUT2D eigenvalue weighted by Crippen LogP contribution is -2.43. The van der Waals surface area contributed by atoms with Crippen LogP contribution in [0.3, 0.4) is 0 Å². The first kappa shape index (κ1) is 24.7. The fourth-order valence-corrected chi connectivity index (χ4v) is 3.74. The van der Waals surface area contributed by atoms with Crippen LogP contribution in [0.5, 0.6) is 0 Å². The first-order chi connectivity index (χ1) is 15.3. The molecule has 32 heavy (non-hydrogen) atoms. The van der Waals surface area contributed by atoms with Gasteiger partial charge in [0.2, 0.25) is 0 Å². The highest BCUT2D eigenvalue weighted by Crippen LogP contribution is 2.22. The molecule has 4 atom stereocenters. The molecule has 178 valence electrons. The van der Waals surface area contributed by atoms with E-state index in [1.165, 1.54) is 12.1 Å². The summed E-state index contributed by atoms with van der Waals surface area (Å²) in [5.74, 6) is -0.898. The van der Waals surface area contributed by atoms with Gasteiger partial charge in [-0.25, -0.2) is 8.78 Å². The van der Waals surface area contributed by atoms with E-state index in [4.69, 9.17) is 9.26 Å². The first-order valence-electron chi connectivity index (χ1n) is 10.8. The number of aliphatic hydroxyl groups is 4. The zero-order chi connectivity index (χ0) is 23.1. The van der Waals surface area contributed by atoms with Crippen LogP contribution >= 0.6 is 0 Å². The van der Waals surface area contributed by atoms with Gasteiger partial charge in [0.05, 0.1) is 12.2 Å². The highest BCUT2D eigenvalue weighted by atomic mass is 19.1. The van der Waals surface area contributed by atoms with Crippen molar-refractivity contribution in [3.63, 3.8) is 0 Å². The number of hydrogen-bond donors (Lipinski definition) is 4. The molecule has 1 aromatic heterocycles. The SMILES string of the molecule is O[C@H]1[C@H](O)[C@@H](O)CN(CCCCCCOCc2cc(-c3cc(F)cc(F)c3)no2)C[C@@H]1O. The number of aliphatic hydroxyl groups excluding tert-OH is 4. The van der Waals surface area contributed by atoms with Crippen molar-refractivity contribution in [2.24, 2.45) is 0 Å². The number of halogens is 2. The maximum Gasteiger partial charge on any atom is 0.163 e. The summed E-state index contributed by atoms with van der Waals surface area (Å²) in [5, 5.41) is 43.0.